The summed E-state index contributed by atoms with van der Waals surface area (Å²) in [5.74, 6) is 0.320. The van der Waals surface area contributed by atoms with E-state index in [1.807, 2.05) is 0 Å². The maximum absolute atomic E-state index is 5.87. The molecule has 0 bridgehead atoms. The summed E-state index contributed by atoms with van der Waals surface area (Å²) in [7, 11) is 0. The van der Waals surface area contributed by atoms with Gasteiger partial charge in [-0.25, -0.2) is 0 Å². The number of anilines is 1. The van der Waals surface area contributed by atoms with Gasteiger partial charge in [-0.2, -0.15) is 0 Å². The van der Waals surface area contributed by atoms with Crippen molar-refractivity contribution < 1.29 is 0 Å². The fraction of sp³-hybridized carbons (Fsp3) is 0. The number of halogens is 3. The van der Waals surface area contributed by atoms with Crippen molar-refractivity contribution in [1.29, 1.82) is 0 Å². The summed E-state index contributed by atoms with van der Waals surface area (Å²) >= 11 is 14.8. The summed E-state index contributed by atoms with van der Waals surface area (Å²) in [6, 6.07) is 5.09. The lowest BCUT2D eigenvalue weighted by atomic mass is 10.3. The summed E-state index contributed by atoms with van der Waals surface area (Å²) < 4.78 is 0.494. The molecule has 0 spiro atoms. The zero-order chi connectivity index (χ0) is 11.0. The molecule has 0 atom stereocenters. The monoisotopic (exact) mass is 306 g/mol. The van der Waals surface area contributed by atoms with Gasteiger partial charge in [-0.05, 0) is 34.1 Å². The first-order chi connectivity index (χ1) is 7.08. The fourth-order valence-corrected chi connectivity index (χ4v) is 1.55. The molecule has 0 aliphatic rings. The number of nitrogens with two attached hydrogens (primary N) is 1. The standard InChI is InChI=1S/C8H5BrCl2N4/c9-7-8(12)14-15(13-7)4-1-2-5(10)6(11)3-4/h1-3H,(H2,12,14). The van der Waals surface area contributed by atoms with Gasteiger partial charge < -0.3 is 5.73 Å². The van der Waals surface area contributed by atoms with Crippen LogP contribution in [0.4, 0.5) is 5.82 Å². The maximum Gasteiger partial charge on any atom is 0.181 e. The van der Waals surface area contributed by atoms with Crippen molar-refractivity contribution in [2.45, 2.75) is 0 Å². The van der Waals surface area contributed by atoms with E-state index in [0.29, 0.717) is 26.2 Å². The van der Waals surface area contributed by atoms with Gasteiger partial charge in [0, 0.05) is 0 Å². The molecule has 2 rings (SSSR count). The molecule has 0 aliphatic carbocycles. The second-order valence-corrected chi connectivity index (χ2v) is 4.33. The summed E-state index contributed by atoms with van der Waals surface area (Å²) in [5, 5.41) is 8.96. The van der Waals surface area contributed by atoms with E-state index in [4.69, 9.17) is 28.9 Å². The first-order valence-corrected chi connectivity index (χ1v) is 5.46. The summed E-state index contributed by atoms with van der Waals surface area (Å²) in [6.45, 7) is 0. The molecule has 0 amide bonds. The SMILES string of the molecule is Nc1nn(-c2ccc(Cl)c(Cl)c2)nc1Br. The average molecular weight is 308 g/mol. The van der Waals surface area contributed by atoms with Gasteiger partial charge in [-0.1, -0.05) is 23.2 Å². The molecule has 2 aromatic rings. The predicted molar refractivity (Wildman–Crippen MR) is 63.5 cm³/mol. The van der Waals surface area contributed by atoms with Crippen LogP contribution in [0.1, 0.15) is 0 Å². The summed E-state index contributed by atoms with van der Waals surface area (Å²) in [5.41, 5.74) is 6.24. The molecule has 0 fully saturated rings. The van der Waals surface area contributed by atoms with Crippen molar-refractivity contribution in [3.63, 3.8) is 0 Å². The van der Waals surface area contributed by atoms with Crippen molar-refractivity contribution in [3.8, 4) is 5.69 Å². The maximum atomic E-state index is 5.87. The minimum atomic E-state index is 0.320. The second kappa shape index (κ2) is 4.00. The van der Waals surface area contributed by atoms with E-state index in [1.165, 1.54) is 4.80 Å². The van der Waals surface area contributed by atoms with Crippen LogP contribution in [0.15, 0.2) is 22.8 Å². The molecule has 7 heteroatoms. The Balaban J connectivity index is 2.49. The molecule has 78 valence electrons. The van der Waals surface area contributed by atoms with E-state index in [2.05, 4.69) is 26.1 Å². The molecule has 0 saturated heterocycles. The third kappa shape index (κ3) is 2.09. The molecule has 1 aromatic carbocycles. The number of nitrogen functional groups attached to an aromatic ring is 1. The zero-order valence-electron chi connectivity index (χ0n) is 7.28. The number of hydrogen-bond acceptors (Lipinski definition) is 3. The minimum Gasteiger partial charge on any atom is -0.380 e. The lowest BCUT2D eigenvalue weighted by molar-refractivity contribution is 0.750. The highest BCUT2D eigenvalue weighted by Crippen LogP contribution is 2.24. The number of rotatable bonds is 1. The van der Waals surface area contributed by atoms with Crippen LogP contribution in [0, 0.1) is 0 Å². The Bertz CT molecular complexity index is 492. The van der Waals surface area contributed by atoms with Gasteiger partial charge in [-0.15, -0.1) is 15.0 Å². The van der Waals surface area contributed by atoms with Crippen LogP contribution in [-0.2, 0) is 0 Å². The Hall–Kier alpha value is -0.780. The van der Waals surface area contributed by atoms with Gasteiger partial charge in [0.1, 0.15) is 0 Å². The molecule has 15 heavy (non-hydrogen) atoms. The Morgan fingerprint density at radius 1 is 1.20 bits per heavy atom. The molecule has 0 saturated carbocycles. The van der Waals surface area contributed by atoms with Crippen molar-refractivity contribution in [2.75, 3.05) is 5.73 Å². The highest BCUT2D eigenvalue weighted by Gasteiger charge is 2.07. The smallest absolute Gasteiger partial charge is 0.181 e. The van der Waals surface area contributed by atoms with Crippen LogP contribution >= 0.6 is 39.1 Å². The van der Waals surface area contributed by atoms with Gasteiger partial charge >= 0.3 is 0 Å². The van der Waals surface area contributed by atoms with E-state index in [1.54, 1.807) is 18.2 Å². The van der Waals surface area contributed by atoms with Crippen LogP contribution in [0.25, 0.3) is 5.69 Å². The molecular weight excluding hydrogens is 303 g/mol. The fourth-order valence-electron chi connectivity index (χ4n) is 1.02. The van der Waals surface area contributed by atoms with E-state index < -0.39 is 0 Å². The number of benzene rings is 1. The highest BCUT2D eigenvalue weighted by atomic mass is 79.9. The van der Waals surface area contributed by atoms with E-state index >= 15 is 0 Å². The minimum absolute atomic E-state index is 0.320. The molecular formula is C8H5BrCl2N4. The van der Waals surface area contributed by atoms with Crippen LogP contribution in [0.2, 0.25) is 10.0 Å². The van der Waals surface area contributed by atoms with Gasteiger partial charge in [0.2, 0.25) is 0 Å². The van der Waals surface area contributed by atoms with Crippen molar-refractivity contribution >= 4 is 44.9 Å². The molecule has 0 aliphatic heterocycles. The van der Waals surface area contributed by atoms with Crippen LogP contribution < -0.4 is 5.73 Å². The Kier molecular flexibility index (Phi) is 2.86. The Morgan fingerprint density at radius 3 is 2.47 bits per heavy atom. The topological polar surface area (TPSA) is 56.7 Å². The van der Waals surface area contributed by atoms with Crippen molar-refractivity contribution in [2.24, 2.45) is 0 Å². The Morgan fingerprint density at radius 2 is 1.93 bits per heavy atom. The molecule has 4 nitrogen and oxygen atoms in total. The molecule has 0 unspecified atom stereocenters. The van der Waals surface area contributed by atoms with Gasteiger partial charge in [0.15, 0.2) is 10.4 Å². The van der Waals surface area contributed by atoms with E-state index in [-0.39, 0.29) is 0 Å². The zero-order valence-corrected chi connectivity index (χ0v) is 10.4. The largest absolute Gasteiger partial charge is 0.380 e. The quantitative estimate of drug-likeness (QED) is 0.881. The highest BCUT2D eigenvalue weighted by molar-refractivity contribution is 9.10. The van der Waals surface area contributed by atoms with Crippen LogP contribution in [0.3, 0.4) is 0 Å². The van der Waals surface area contributed by atoms with E-state index in [0.717, 1.165) is 0 Å². The Labute approximate surface area is 104 Å². The molecule has 1 heterocycles. The lowest BCUT2D eigenvalue weighted by Crippen LogP contribution is -1.99. The third-order valence-electron chi connectivity index (χ3n) is 1.73. The number of hydrogen-bond donors (Lipinski definition) is 1. The van der Waals surface area contributed by atoms with E-state index in [9.17, 15) is 0 Å². The summed E-state index contributed by atoms with van der Waals surface area (Å²) in [4.78, 5) is 1.38. The van der Waals surface area contributed by atoms with Crippen LogP contribution in [-0.4, -0.2) is 15.0 Å². The van der Waals surface area contributed by atoms with Crippen molar-refractivity contribution in [1.82, 2.24) is 15.0 Å². The first kappa shape index (κ1) is 10.7. The lowest BCUT2D eigenvalue weighted by Gasteiger charge is -2.00. The van der Waals surface area contributed by atoms with Crippen LogP contribution in [0.5, 0.6) is 0 Å². The van der Waals surface area contributed by atoms with Gasteiger partial charge in [0.05, 0.1) is 15.7 Å². The molecule has 0 radical (unpaired) electrons. The number of aromatic nitrogens is 3. The first-order valence-electron chi connectivity index (χ1n) is 3.91. The normalized spacial score (nSPS) is 10.6. The molecule has 2 N–H and O–H groups in total. The third-order valence-corrected chi connectivity index (χ3v) is 3.03. The van der Waals surface area contributed by atoms with Crippen molar-refractivity contribution in [3.05, 3.63) is 32.8 Å². The summed E-state index contributed by atoms with van der Waals surface area (Å²) in [6.07, 6.45) is 0. The average Bonchev–Trinajstić information content (AvgIpc) is 2.52. The van der Waals surface area contributed by atoms with Gasteiger partial charge in [0.25, 0.3) is 0 Å². The predicted octanol–water partition coefficient (Wildman–Crippen LogP) is 2.92. The molecule has 1 aromatic heterocycles. The van der Waals surface area contributed by atoms with Gasteiger partial charge in [-0.3, -0.25) is 0 Å². The second-order valence-electron chi connectivity index (χ2n) is 2.76. The number of nitrogens with zero attached hydrogens (tertiary/aromatic N) is 3.